The highest BCUT2D eigenvalue weighted by atomic mass is 16.2. The number of amides is 2. The van der Waals surface area contributed by atoms with Crippen LogP contribution in [0.25, 0.3) is 0 Å². The second kappa shape index (κ2) is 2.94. The zero-order chi connectivity index (χ0) is 9.35. The van der Waals surface area contributed by atoms with Crippen LogP contribution < -0.4 is 5.73 Å². The topological polar surface area (TPSA) is 49.6 Å². The van der Waals surface area contributed by atoms with E-state index in [0.29, 0.717) is 13.1 Å². The molecule has 1 fully saturated rings. The number of carbonyl (C=O) groups is 1. The second-order valence-electron chi connectivity index (χ2n) is 3.75. The molecule has 0 unspecified atom stereocenters. The molecule has 1 saturated heterocycles. The van der Waals surface area contributed by atoms with Crippen LogP contribution in [0.1, 0.15) is 13.3 Å². The highest BCUT2D eigenvalue weighted by molar-refractivity contribution is 5.75. The Morgan fingerprint density at radius 1 is 1.58 bits per heavy atom. The summed E-state index contributed by atoms with van der Waals surface area (Å²) in [5.41, 5.74) is 5.80. The number of urea groups is 1. The maximum absolute atomic E-state index is 11.3. The number of hydrogen-bond acceptors (Lipinski definition) is 2. The first-order valence-corrected chi connectivity index (χ1v) is 4.23. The van der Waals surface area contributed by atoms with E-state index in [-0.39, 0.29) is 11.6 Å². The average molecular weight is 171 g/mol. The maximum atomic E-state index is 11.3. The zero-order valence-corrected chi connectivity index (χ0v) is 8.00. The summed E-state index contributed by atoms with van der Waals surface area (Å²) >= 11 is 0. The third-order valence-corrected chi connectivity index (χ3v) is 2.37. The Hall–Kier alpha value is -0.770. The molecule has 4 nitrogen and oxygen atoms in total. The first-order valence-electron chi connectivity index (χ1n) is 4.23. The van der Waals surface area contributed by atoms with E-state index in [0.717, 1.165) is 6.42 Å². The van der Waals surface area contributed by atoms with E-state index in [1.54, 1.807) is 23.9 Å². The Labute approximate surface area is 73.3 Å². The molecule has 1 rings (SSSR count). The summed E-state index contributed by atoms with van der Waals surface area (Å²) in [5, 5.41) is 0. The Morgan fingerprint density at radius 3 is 2.42 bits per heavy atom. The van der Waals surface area contributed by atoms with Crippen molar-refractivity contribution >= 4 is 6.03 Å². The number of rotatable bonds is 1. The van der Waals surface area contributed by atoms with Crippen LogP contribution in [0.2, 0.25) is 0 Å². The first kappa shape index (κ1) is 9.32. The lowest BCUT2D eigenvalue weighted by Crippen LogP contribution is -2.69. The monoisotopic (exact) mass is 171 g/mol. The Balaban J connectivity index is 2.39. The fraction of sp³-hybridized carbons (Fsp3) is 0.875. The molecule has 0 aromatic heterocycles. The van der Waals surface area contributed by atoms with Gasteiger partial charge in [0.15, 0.2) is 0 Å². The Morgan fingerprint density at radius 2 is 2.08 bits per heavy atom. The molecule has 0 bridgehead atoms. The van der Waals surface area contributed by atoms with Crippen molar-refractivity contribution in [3.8, 4) is 0 Å². The summed E-state index contributed by atoms with van der Waals surface area (Å²) in [5.74, 6) is 0. The van der Waals surface area contributed by atoms with Gasteiger partial charge in [-0.2, -0.15) is 0 Å². The molecule has 2 amide bonds. The molecule has 0 aliphatic carbocycles. The molecule has 0 saturated carbocycles. The molecule has 1 heterocycles. The maximum Gasteiger partial charge on any atom is 0.319 e. The second-order valence-corrected chi connectivity index (χ2v) is 3.75. The van der Waals surface area contributed by atoms with Gasteiger partial charge in [0.1, 0.15) is 0 Å². The molecular formula is C8H17N3O. The van der Waals surface area contributed by atoms with E-state index in [2.05, 4.69) is 6.92 Å². The molecule has 2 N–H and O–H groups in total. The third kappa shape index (κ3) is 1.53. The van der Waals surface area contributed by atoms with Crippen molar-refractivity contribution in [3.63, 3.8) is 0 Å². The van der Waals surface area contributed by atoms with E-state index in [1.165, 1.54) is 0 Å². The Kier molecular flexibility index (Phi) is 2.28. The van der Waals surface area contributed by atoms with Crippen LogP contribution in [0, 0.1) is 0 Å². The molecule has 1 aliphatic heterocycles. The van der Waals surface area contributed by atoms with E-state index in [4.69, 9.17) is 5.73 Å². The van der Waals surface area contributed by atoms with Gasteiger partial charge in [0.05, 0.1) is 5.54 Å². The van der Waals surface area contributed by atoms with Gasteiger partial charge in [0, 0.05) is 27.2 Å². The molecule has 0 atom stereocenters. The lowest BCUT2D eigenvalue weighted by Gasteiger charge is -2.47. The van der Waals surface area contributed by atoms with Gasteiger partial charge in [0.25, 0.3) is 0 Å². The number of likely N-dealkylation sites (tertiary alicyclic amines) is 1. The normalized spacial score (nSPS) is 20.2. The van der Waals surface area contributed by atoms with Gasteiger partial charge >= 0.3 is 6.03 Å². The van der Waals surface area contributed by atoms with Crippen molar-refractivity contribution in [2.24, 2.45) is 5.73 Å². The van der Waals surface area contributed by atoms with Crippen molar-refractivity contribution in [2.45, 2.75) is 18.9 Å². The van der Waals surface area contributed by atoms with Gasteiger partial charge in [-0.25, -0.2) is 4.79 Å². The van der Waals surface area contributed by atoms with Crippen molar-refractivity contribution in [3.05, 3.63) is 0 Å². The van der Waals surface area contributed by atoms with Crippen molar-refractivity contribution < 1.29 is 4.79 Å². The van der Waals surface area contributed by atoms with Gasteiger partial charge < -0.3 is 15.5 Å². The molecule has 12 heavy (non-hydrogen) atoms. The van der Waals surface area contributed by atoms with E-state index in [1.807, 2.05) is 0 Å². The van der Waals surface area contributed by atoms with Crippen LogP contribution in [-0.4, -0.2) is 48.6 Å². The zero-order valence-electron chi connectivity index (χ0n) is 8.00. The minimum absolute atomic E-state index is 0.0597. The van der Waals surface area contributed by atoms with Crippen LogP contribution >= 0.6 is 0 Å². The minimum atomic E-state index is -0.119. The predicted molar refractivity (Wildman–Crippen MR) is 47.9 cm³/mol. The first-order chi connectivity index (χ1) is 5.48. The number of hydrogen-bond donors (Lipinski definition) is 1. The molecule has 0 radical (unpaired) electrons. The molecular weight excluding hydrogens is 154 g/mol. The summed E-state index contributed by atoms with van der Waals surface area (Å²) in [6, 6.07) is 0.0597. The van der Waals surface area contributed by atoms with Crippen molar-refractivity contribution in [2.75, 3.05) is 27.2 Å². The van der Waals surface area contributed by atoms with Crippen LogP contribution in [0.4, 0.5) is 4.79 Å². The highest BCUT2D eigenvalue weighted by Gasteiger charge is 2.40. The largest absolute Gasteiger partial charge is 0.331 e. The van der Waals surface area contributed by atoms with Crippen LogP contribution in [0.3, 0.4) is 0 Å². The third-order valence-electron chi connectivity index (χ3n) is 2.37. The van der Waals surface area contributed by atoms with Crippen LogP contribution in [-0.2, 0) is 0 Å². The SMILES string of the molecule is CCC1(N)CN(C(=O)N(C)C)C1. The van der Waals surface area contributed by atoms with Crippen LogP contribution in [0.5, 0.6) is 0 Å². The summed E-state index contributed by atoms with van der Waals surface area (Å²) in [4.78, 5) is 14.7. The molecule has 0 aromatic carbocycles. The summed E-state index contributed by atoms with van der Waals surface area (Å²) in [6.07, 6.45) is 0.935. The highest BCUT2D eigenvalue weighted by Crippen LogP contribution is 2.21. The van der Waals surface area contributed by atoms with Gasteiger partial charge in [-0.3, -0.25) is 0 Å². The van der Waals surface area contributed by atoms with Gasteiger partial charge in [-0.15, -0.1) is 0 Å². The smallest absolute Gasteiger partial charge is 0.319 e. The van der Waals surface area contributed by atoms with E-state index >= 15 is 0 Å². The van der Waals surface area contributed by atoms with E-state index < -0.39 is 0 Å². The lowest BCUT2D eigenvalue weighted by molar-refractivity contribution is 0.0783. The number of nitrogens with two attached hydrogens (primary N) is 1. The molecule has 0 aromatic rings. The van der Waals surface area contributed by atoms with Gasteiger partial charge in [-0.05, 0) is 6.42 Å². The van der Waals surface area contributed by atoms with Crippen LogP contribution in [0.15, 0.2) is 0 Å². The quantitative estimate of drug-likeness (QED) is 0.608. The molecule has 4 heteroatoms. The number of nitrogens with zero attached hydrogens (tertiary/aromatic N) is 2. The number of carbonyl (C=O) groups excluding carboxylic acids is 1. The fourth-order valence-corrected chi connectivity index (χ4v) is 1.36. The standard InChI is InChI=1S/C8H17N3O/c1-4-8(9)5-11(6-8)7(12)10(2)3/h4-6,9H2,1-3H3. The Bertz CT molecular complexity index is 185. The summed E-state index contributed by atoms with van der Waals surface area (Å²) in [7, 11) is 3.51. The minimum Gasteiger partial charge on any atom is -0.331 e. The van der Waals surface area contributed by atoms with E-state index in [9.17, 15) is 4.79 Å². The molecule has 1 aliphatic rings. The van der Waals surface area contributed by atoms with Crippen molar-refractivity contribution in [1.29, 1.82) is 0 Å². The fourth-order valence-electron chi connectivity index (χ4n) is 1.36. The van der Waals surface area contributed by atoms with Gasteiger partial charge in [-0.1, -0.05) is 6.92 Å². The average Bonchev–Trinajstić information content (AvgIpc) is 1.97. The predicted octanol–water partition coefficient (Wildman–Crippen LogP) is 0.0911. The molecule has 70 valence electrons. The summed E-state index contributed by atoms with van der Waals surface area (Å²) in [6.45, 7) is 3.44. The molecule has 0 spiro atoms. The summed E-state index contributed by atoms with van der Waals surface area (Å²) < 4.78 is 0. The van der Waals surface area contributed by atoms with Crippen molar-refractivity contribution in [1.82, 2.24) is 9.80 Å². The lowest BCUT2D eigenvalue weighted by atomic mass is 9.89. The van der Waals surface area contributed by atoms with Gasteiger partial charge in [0.2, 0.25) is 0 Å².